The monoisotopic (exact) mass is 154 g/mol. The van der Waals surface area contributed by atoms with E-state index < -0.39 is 0 Å². The molecule has 3 atom stereocenters. The Morgan fingerprint density at radius 3 is 2.18 bits per heavy atom. The van der Waals surface area contributed by atoms with E-state index in [1.54, 1.807) is 0 Å². The van der Waals surface area contributed by atoms with Crippen LogP contribution in [0.4, 0.5) is 0 Å². The Balaban J connectivity index is 1.84. The van der Waals surface area contributed by atoms with Crippen LogP contribution in [0.2, 0.25) is 0 Å². The highest BCUT2D eigenvalue weighted by Crippen LogP contribution is 2.42. The van der Waals surface area contributed by atoms with Crippen molar-refractivity contribution in [2.24, 2.45) is 17.8 Å². The molecule has 0 aromatic carbocycles. The molecule has 1 N–H and O–H groups in total. The average Bonchev–Trinajstić information content (AvgIpc) is 2.74. The summed E-state index contributed by atoms with van der Waals surface area (Å²) in [5.41, 5.74) is 0. The molecule has 0 aromatic heterocycles. The lowest BCUT2D eigenvalue weighted by Gasteiger charge is -2.16. The van der Waals surface area contributed by atoms with Crippen molar-refractivity contribution in [1.82, 2.24) is 0 Å². The van der Waals surface area contributed by atoms with Gasteiger partial charge in [-0.2, -0.15) is 0 Å². The lowest BCUT2D eigenvalue weighted by Crippen LogP contribution is -2.19. The molecule has 0 aliphatic heterocycles. The van der Waals surface area contributed by atoms with Gasteiger partial charge < -0.3 is 5.11 Å². The molecule has 1 nitrogen and oxygen atoms in total. The highest BCUT2D eigenvalue weighted by molar-refractivity contribution is 4.88. The van der Waals surface area contributed by atoms with Gasteiger partial charge in [-0.3, -0.25) is 0 Å². The van der Waals surface area contributed by atoms with Crippen LogP contribution in [0.25, 0.3) is 0 Å². The normalized spacial score (nSPS) is 40.9. The Labute approximate surface area is 68.8 Å². The summed E-state index contributed by atoms with van der Waals surface area (Å²) >= 11 is 0. The minimum Gasteiger partial charge on any atom is -0.393 e. The van der Waals surface area contributed by atoms with Crippen LogP contribution in [0.15, 0.2) is 0 Å². The number of aliphatic hydroxyl groups is 1. The predicted octanol–water partition coefficient (Wildman–Crippen LogP) is 2.19. The van der Waals surface area contributed by atoms with Gasteiger partial charge >= 0.3 is 0 Å². The van der Waals surface area contributed by atoms with E-state index in [9.17, 15) is 5.11 Å². The fourth-order valence-corrected chi connectivity index (χ4v) is 2.38. The summed E-state index contributed by atoms with van der Waals surface area (Å²) in [5, 5.41) is 9.81. The van der Waals surface area contributed by atoms with Crippen LogP contribution in [-0.4, -0.2) is 11.2 Å². The van der Waals surface area contributed by atoms with Crippen molar-refractivity contribution in [3.8, 4) is 0 Å². The molecular formula is C10H18O. The zero-order chi connectivity index (χ0) is 7.84. The minimum absolute atomic E-state index is 0.0555. The molecule has 2 rings (SSSR count). The third kappa shape index (κ3) is 1.58. The molecule has 2 aliphatic carbocycles. The van der Waals surface area contributed by atoms with E-state index >= 15 is 0 Å². The van der Waals surface area contributed by atoms with Gasteiger partial charge in [0.05, 0.1) is 6.10 Å². The Morgan fingerprint density at radius 1 is 1.09 bits per heavy atom. The van der Waals surface area contributed by atoms with E-state index in [1.165, 1.54) is 32.1 Å². The van der Waals surface area contributed by atoms with Crippen LogP contribution >= 0.6 is 0 Å². The molecule has 0 amide bonds. The molecule has 0 radical (unpaired) electrons. The topological polar surface area (TPSA) is 20.2 Å². The van der Waals surface area contributed by atoms with Crippen LogP contribution < -0.4 is 0 Å². The van der Waals surface area contributed by atoms with Crippen molar-refractivity contribution >= 4 is 0 Å². The largest absolute Gasteiger partial charge is 0.393 e. The van der Waals surface area contributed by atoms with Gasteiger partial charge in [-0.15, -0.1) is 0 Å². The van der Waals surface area contributed by atoms with Crippen LogP contribution in [0, 0.1) is 17.8 Å². The molecule has 0 heterocycles. The second kappa shape index (κ2) is 2.78. The fourth-order valence-electron chi connectivity index (χ4n) is 2.38. The first-order chi connectivity index (χ1) is 5.27. The first kappa shape index (κ1) is 7.60. The number of aliphatic hydroxyl groups excluding tert-OH is 1. The standard InChI is InChI=1S/C10H18O/c1-7-2-3-9(6-7)10(11)8-4-5-8/h7-11H,2-6H2,1H3. The molecule has 0 saturated heterocycles. The van der Waals surface area contributed by atoms with Crippen LogP contribution in [0.5, 0.6) is 0 Å². The van der Waals surface area contributed by atoms with Gasteiger partial charge in [0, 0.05) is 0 Å². The van der Waals surface area contributed by atoms with Crippen molar-refractivity contribution in [2.45, 2.75) is 45.1 Å². The lowest BCUT2D eigenvalue weighted by molar-refractivity contribution is 0.0877. The summed E-state index contributed by atoms with van der Waals surface area (Å²) < 4.78 is 0. The van der Waals surface area contributed by atoms with Gasteiger partial charge in [0.15, 0.2) is 0 Å². The SMILES string of the molecule is CC1CCC(C(O)C2CC2)C1. The molecular weight excluding hydrogens is 136 g/mol. The smallest absolute Gasteiger partial charge is 0.0596 e. The van der Waals surface area contributed by atoms with Gasteiger partial charge in [-0.05, 0) is 43.4 Å². The molecule has 0 aromatic rings. The number of rotatable bonds is 2. The maximum atomic E-state index is 9.81. The lowest BCUT2D eigenvalue weighted by atomic mass is 9.96. The van der Waals surface area contributed by atoms with Gasteiger partial charge in [-0.25, -0.2) is 0 Å². The molecule has 3 unspecified atom stereocenters. The third-order valence-corrected chi connectivity index (χ3v) is 3.32. The number of hydrogen-bond acceptors (Lipinski definition) is 1. The average molecular weight is 154 g/mol. The van der Waals surface area contributed by atoms with E-state index in [1.807, 2.05) is 0 Å². The van der Waals surface area contributed by atoms with Gasteiger partial charge in [0.1, 0.15) is 0 Å². The molecule has 11 heavy (non-hydrogen) atoms. The van der Waals surface area contributed by atoms with Crippen molar-refractivity contribution in [3.63, 3.8) is 0 Å². The minimum atomic E-state index is 0.0555. The second-order valence-electron chi connectivity index (χ2n) is 4.51. The predicted molar refractivity (Wildman–Crippen MR) is 45.2 cm³/mol. The van der Waals surface area contributed by atoms with Crippen molar-refractivity contribution in [1.29, 1.82) is 0 Å². The van der Waals surface area contributed by atoms with Gasteiger partial charge in [0.2, 0.25) is 0 Å². The maximum absolute atomic E-state index is 9.81. The molecule has 0 bridgehead atoms. The van der Waals surface area contributed by atoms with E-state index in [-0.39, 0.29) is 6.10 Å². The summed E-state index contributed by atoms with van der Waals surface area (Å²) in [5.74, 6) is 2.20. The van der Waals surface area contributed by atoms with E-state index in [0.717, 1.165) is 5.92 Å². The molecule has 1 heteroatoms. The Bertz CT molecular complexity index is 140. The molecule has 0 spiro atoms. The van der Waals surface area contributed by atoms with Gasteiger partial charge in [0.25, 0.3) is 0 Å². The van der Waals surface area contributed by atoms with E-state index in [2.05, 4.69) is 6.92 Å². The van der Waals surface area contributed by atoms with Crippen molar-refractivity contribution in [2.75, 3.05) is 0 Å². The first-order valence-electron chi connectivity index (χ1n) is 4.95. The summed E-state index contributed by atoms with van der Waals surface area (Å²) in [6, 6.07) is 0. The Hall–Kier alpha value is -0.0400. The summed E-state index contributed by atoms with van der Waals surface area (Å²) in [6.07, 6.45) is 6.52. The van der Waals surface area contributed by atoms with Crippen LogP contribution in [0.3, 0.4) is 0 Å². The highest BCUT2D eigenvalue weighted by atomic mass is 16.3. The maximum Gasteiger partial charge on any atom is 0.0596 e. The molecule has 64 valence electrons. The summed E-state index contributed by atoms with van der Waals surface area (Å²) in [4.78, 5) is 0. The first-order valence-corrected chi connectivity index (χ1v) is 4.95. The van der Waals surface area contributed by atoms with E-state index in [0.29, 0.717) is 11.8 Å². The van der Waals surface area contributed by atoms with Crippen LogP contribution in [-0.2, 0) is 0 Å². The molecule has 2 fully saturated rings. The Kier molecular flexibility index (Phi) is 1.92. The fraction of sp³-hybridized carbons (Fsp3) is 1.00. The molecule has 2 saturated carbocycles. The highest BCUT2D eigenvalue weighted by Gasteiger charge is 2.37. The van der Waals surface area contributed by atoms with Crippen molar-refractivity contribution < 1.29 is 5.11 Å². The van der Waals surface area contributed by atoms with Crippen molar-refractivity contribution in [3.05, 3.63) is 0 Å². The van der Waals surface area contributed by atoms with Gasteiger partial charge in [-0.1, -0.05) is 13.3 Å². The summed E-state index contributed by atoms with van der Waals surface area (Å²) in [6.45, 7) is 2.31. The van der Waals surface area contributed by atoms with E-state index in [4.69, 9.17) is 0 Å². The third-order valence-electron chi connectivity index (χ3n) is 3.32. The Morgan fingerprint density at radius 2 is 1.73 bits per heavy atom. The zero-order valence-electron chi connectivity index (χ0n) is 7.29. The van der Waals surface area contributed by atoms with Crippen LogP contribution in [0.1, 0.15) is 39.0 Å². The summed E-state index contributed by atoms with van der Waals surface area (Å²) in [7, 11) is 0. The molecule has 2 aliphatic rings. The zero-order valence-corrected chi connectivity index (χ0v) is 7.29. The second-order valence-corrected chi connectivity index (χ2v) is 4.51. The quantitative estimate of drug-likeness (QED) is 0.646. The number of hydrogen-bond donors (Lipinski definition) is 1.